The minimum Gasteiger partial charge on any atom is -0.392 e. The first-order chi connectivity index (χ1) is 11.1. The Bertz CT molecular complexity index is 600. The number of nitrogens with zero attached hydrogens (tertiary/aromatic N) is 1. The Labute approximate surface area is 136 Å². The van der Waals surface area contributed by atoms with E-state index in [1.165, 1.54) is 0 Å². The lowest BCUT2D eigenvalue weighted by atomic mass is 10.0. The van der Waals surface area contributed by atoms with Crippen LogP contribution in [0.5, 0.6) is 0 Å². The van der Waals surface area contributed by atoms with Crippen LogP contribution in [0.15, 0.2) is 18.2 Å². The number of carbonyl (C=O) groups is 2. The van der Waals surface area contributed by atoms with Crippen LogP contribution in [-0.4, -0.2) is 54.0 Å². The molecule has 2 aliphatic rings. The van der Waals surface area contributed by atoms with Gasteiger partial charge in [-0.15, -0.1) is 0 Å². The molecule has 23 heavy (non-hydrogen) atoms. The van der Waals surface area contributed by atoms with Gasteiger partial charge in [-0.2, -0.15) is 0 Å². The van der Waals surface area contributed by atoms with Gasteiger partial charge in [0.25, 0.3) is 5.91 Å². The maximum absolute atomic E-state index is 12.3. The summed E-state index contributed by atoms with van der Waals surface area (Å²) in [6, 6.07) is 5.39. The summed E-state index contributed by atoms with van der Waals surface area (Å²) in [6.45, 7) is 3.27. The van der Waals surface area contributed by atoms with Gasteiger partial charge in [-0.05, 0) is 50.4 Å². The topological polar surface area (TPSA) is 69.6 Å². The average Bonchev–Trinajstić information content (AvgIpc) is 2.93. The molecule has 0 spiro atoms. The molecule has 0 saturated carbocycles. The second kappa shape index (κ2) is 7.23. The van der Waals surface area contributed by atoms with E-state index < -0.39 is 0 Å². The summed E-state index contributed by atoms with van der Waals surface area (Å²) in [4.78, 5) is 26.3. The highest BCUT2D eigenvalue weighted by molar-refractivity contribution is 6.05. The van der Waals surface area contributed by atoms with Gasteiger partial charge in [0.2, 0.25) is 0 Å². The Hall–Kier alpha value is -1.72. The molecule has 2 N–H and O–H groups in total. The number of ketones is 1. The van der Waals surface area contributed by atoms with E-state index in [2.05, 4.69) is 10.2 Å². The molecule has 0 unspecified atom stereocenters. The molecule has 1 atom stereocenters. The monoisotopic (exact) mass is 316 g/mol. The first-order valence-electron chi connectivity index (χ1n) is 8.49. The second-order valence-electron chi connectivity index (χ2n) is 6.46. The number of β-amino-alcohol motifs (C(OH)–C–C–N with tert-alkyl or cyclic N) is 1. The Morgan fingerprint density at radius 3 is 3.04 bits per heavy atom. The highest BCUT2D eigenvalue weighted by Crippen LogP contribution is 2.25. The number of aliphatic hydroxyl groups excluding tert-OH is 1. The van der Waals surface area contributed by atoms with Crippen LogP contribution >= 0.6 is 0 Å². The molecular weight excluding hydrogens is 292 g/mol. The molecule has 1 aromatic rings. The fourth-order valence-corrected chi connectivity index (χ4v) is 3.54. The molecule has 1 saturated heterocycles. The van der Waals surface area contributed by atoms with E-state index >= 15 is 0 Å². The number of aliphatic hydroxyl groups is 1. The van der Waals surface area contributed by atoms with Crippen molar-refractivity contribution in [2.75, 3.05) is 26.2 Å². The maximum atomic E-state index is 12.3. The van der Waals surface area contributed by atoms with Crippen molar-refractivity contribution in [2.24, 2.45) is 0 Å². The SMILES string of the molecule is O=C1CCc2c1cccc2C(=O)NCCCN1CCC[C@@H](O)C1. The molecule has 0 aromatic heterocycles. The van der Waals surface area contributed by atoms with Gasteiger partial charge in [0, 0.05) is 30.6 Å². The molecule has 1 aliphatic heterocycles. The van der Waals surface area contributed by atoms with E-state index in [-0.39, 0.29) is 17.8 Å². The van der Waals surface area contributed by atoms with Crippen LogP contribution in [-0.2, 0) is 6.42 Å². The van der Waals surface area contributed by atoms with Gasteiger partial charge < -0.3 is 15.3 Å². The first-order valence-corrected chi connectivity index (χ1v) is 8.49. The summed E-state index contributed by atoms with van der Waals surface area (Å²) in [5.74, 6) is 0.0496. The van der Waals surface area contributed by atoms with Gasteiger partial charge in [0.1, 0.15) is 0 Å². The Balaban J connectivity index is 1.48. The minimum absolute atomic E-state index is 0.0878. The largest absolute Gasteiger partial charge is 0.392 e. The van der Waals surface area contributed by atoms with Crippen molar-refractivity contribution in [3.8, 4) is 0 Å². The number of benzene rings is 1. The number of fused-ring (bicyclic) bond motifs is 1. The van der Waals surface area contributed by atoms with Crippen LogP contribution < -0.4 is 5.32 Å². The number of nitrogens with one attached hydrogen (secondary N) is 1. The minimum atomic E-state index is -0.206. The molecule has 1 amide bonds. The molecule has 1 fully saturated rings. The standard InChI is InChI=1S/C18H24N2O3/c21-13-4-2-10-20(12-13)11-3-9-19-18(23)16-6-1-5-15-14(16)7-8-17(15)22/h1,5-6,13,21H,2-4,7-12H2,(H,19,23)/t13-/m1/s1. The van der Waals surface area contributed by atoms with E-state index in [1.807, 2.05) is 6.07 Å². The molecule has 0 bridgehead atoms. The molecule has 1 heterocycles. The molecule has 1 aromatic carbocycles. The molecule has 124 valence electrons. The molecule has 0 radical (unpaired) electrons. The summed E-state index contributed by atoms with van der Waals surface area (Å²) in [5, 5.41) is 12.6. The van der Waals surface area contributed by atoms with Crippen LogP contribution in [0.4, 0.5) is 0 Å². The number of likely N-dealkylation sites (tertiary alicyclic amines) is 1. The zero-order chi connectivity index (χ0) is 16.2. The molecule has 1 aliphatic carbocycles. The van der Waals surface area contributed by atoms with Crippen LogP contribution in [0.1, 0.15) is 52.0 Å². The lowest BCUT2D eigenvalue weighted by Crippen LogP contribution is -2.39. The van der Waals surface area contributed by atoms with E-state index in [1.54, 1.807) is 12.1 Å². The van der Waals surface area contributed by atoms with E-state index in [0.717, 1.165) is 44.5 Å². The predicted octanol–water partition coefficient (Wildman–Crippen LogP) is 1.39. The number of hydrogen-bond acceptors (Lipinski definition) is 4. The number of rotatable bonds is 5. The third-order valence-corrected chi connectivity index (χ3v) is 4.74. The van der Waals surface area contributed by atoms with Crippen molar-refractivity contribution in [2.45, 2.75) is 38.2 Å². The lowest BCUT2D eigenvalue weighted by Gasteiger charge is -2.29. The number of piperidine rings is 1. The van der Waals surface area contributed by atoms with Gasteiger partial charge in [0.15, 0.2) is 5.78 Å². The summed E-state index contributed by atoms with van der Waals surface area (Å²) in [5.41, 5.74) is 2.25. The summed E-state index contributed by atoms with van der Waals surface area (Å²) in [7, 11) is 0. The lowest BCUT2D eigenvalue weighted by molar-refractivity contribution is 0.0697. The Kier molecular flexibility index (Phi) is 5.08. The zero-order valence-electron chi connectivity index (χ0n) is 13.4. The highest BCUT2D eigenvalue weighted by atomic mass is 16.3. The van der Waals surface area contributed by atoms with Crippen molar-refractivity contribution in [1.82, 2.24) is 10.2 Å². The van der Waals surface area contributed by atoms with Crippen molar-refractivity contribution in [3.05, 3.63) is 34.9 Å². The Morgan fingerprint density at radius 2 is 2.22 bits per heavy atom. The first kappa shape index (κ1) is 16.1. The number of Topliss-reactive ketones (excluding diaryl/α,β-unsaturated/α-hetero) is 1. The van der Waals surface area contributed by atoms with Gasteiger partial charge in [-0.3, -0.25) is 9.59 Å². The van der Waals surface area contributed by atoms with E-state index in [0.29, 0.717) is 30.5 Å². The van der Waals surface area contributed by atoms with Crippen molar-refractivity contribution in [1.29, 1.82) is 0 Å². The van der Waals surface area contributed by atoms with Crippen LogP contribution in [0.3, 0.4) is 0 Å². The third kappa shape index (κ3) is 3.79. The number of hydrogen-bond donors (Lipinski definition) is 2. The third-order valence-electron chi connectivity index (χ3n) is 4.74. The molecule has 5 heteroatoms. The summed E-state index contributed by atoms with van der Waals surface area (Å²) < 4.78 is 0. The fourth-order valence-electron chi connectivity index (χ4n) is 3.54. The summed E-state index contributed by atoms with van der Waals surface area (Å²) in [6.07, 6.45) is 3.78. The van der Waals surface area contributed by atoms with Crippen molar-refractivity contribution in [3.63, 3.8) is 0 Å². The number of amides is 1. The molecule has 3 rings (SSSR count). The highest BCUT2D eigenvalue weighted by Gasteiger charge is 2.24. The molecule has 5 nitrogen and oxygen atoms in total. The van der Waals surface area contributed by atoms with Crippen molar-refractivity contribution >= 4 is 11.7 Å². The quantitative estimate of drug-likeness (QED) is 0.806. The van der Waals surface area contributed by atoms with Crippen LogP contribution in [0, 0.1) is 0 Å². The summed E-state index contributed by atoms with van der Waals surface area (Å²) >= 11 is 0. The fraction of sp³-hybridized carbons (Fsp3) is 0.556. The van der Waals surface area contributed by atoms with E-state index in [4.69, 9.17) is 0 Å². The maximum Gasteiger partial charge on any atom is 0.251 e. The van der Waals surface area contributed by atoms with Gasteiger partial charge in [0.05, 0.1) is 6.10 Å². The average molecular weight is 316 g/mol. The van der Waals surface area contributed by atoms with Crippen molar-refractivity contribution < 1.29 is 14.7 Å². The number of carbonyl (C=O) groups excluding carboxylic acids is 2. The van der Waals surface area contributed by atoms with E-state index in [9.17, 15) is 14.7 Å². The predicted molar refractivity (Wildman–Crippen MR) is 87.7 cm³/mol. The van der Waals surface area contributed by atoms with Crippen LogP contribution in [0.25, 0.3) is 0 Å². The van der Waals surface area contributed by atoms with Gasteiger partial charge in [-0.1, -0.05) is 12.1 Å². The molecular formula is C18H24N2O3. The van der Waals surface area contributed by atoms with Gasteiger partial charge >= 0.3 is 0 Å². The second-order valence-corrected chi connectivity index (χ2v) is 6.46. The normalized spacial score (nSPS) is 21.3. The van der Waals surface area contributed by atoms with Crippen LogP contribution in [0.2, 0.25) is 0 Å². The zero-order valence-corrected chi connectivity index (χ0v) is 13.4. The van der Waals surface area contributed by atoms with Gasteiger partial charge in [-0.25, -0.2) is 0 Å². The smallest absolute Gasteiger partial charge is 0.251 e. The Morgan fingerprint density at radius 1 is 1.35 bits per heavy atom.